The van der Waals surface area contributed by atoms with Crippen LogP contribution in [0.5, 0.6) is 0 Å². The molecule has 3 aromatic rings. The number of nitrogens with zero attached hydrogens (tertiary/aromatic N) is 1. The normalized spacial score (nSPS) is 11.4. The van der Waals surface area contributed by atoms with Crippen LogP contribution in [0.15, 0.2) is 54.6 Å². The Balaban J connectivity index is 1.80. The number of fused-ring (bicyclic) bond motifs is 1. The van der Waals surface area contributed by atoms with Gasteiger partial charge in [0.25, 0.3) is 5.91 Å². The van der Waals surface area contributed by atoms with Crippen LogP contribution in [0.25, 0.3) is 10.9 Å². The molecule has 1 heterocycles. The van der Waals surface area contributed by atoms with Gasteiger partial charge in [-0.1, -0.05) is 36.4 Å². The first kappa shape index (κ1) is 17.0. The van der Waals surface area contributed by atoms with Crippen LogP contribution in [-0.2, 0) is 23.6 Å². The molecule has 0 unspecified atom stereocenters. The largest absolute Gasteiger partial charge is 0.347 e. The van der Waals surface area contributed by atoms with Gasteiger partial charge < -0.3 is 9.88 Å². The molecule has 25 heavy (non-hydrogen) atoms. The molecule has 1 amide bonds. The van der Waals surface area contributed by atoms with Crippen LogP contribution in [0.2, 0.25) is 0 Å². The molecule has 6 nitrogen and oxygen atoms in total. The lowest BCUT2D eigenvalue weighted by Gasteiger charge is -2.12. The van der Waals surface area contributed by atoms with Gasteiger partial charge in [0.2, 0.25) is 10.0 Å². The number of hydrogen-bond acceptors (Lipinski definition) is 3. The maximum absolute atomic E-state index is 12.5. The predicted octanol–water partition coefficient (Wildman–Crippen LogP) is 2.48. The molecule has 0 aliphatic carbocycles. The van der Waals surface area contributed by atoms with Gasteiger partial charge in [-0.2, -0.15) is 0 Å². The van der Waals surface area contributed by atoms with Crippen molar-refractivity contribution in [2.75, 3.05) is 11.0 Å². The molecule has 0 saturated heterocycles. The fourth-order valence-corrected chi connectivity index (χ4v) is 3.35. The predicted molar refractivity (Wildman–Crippen MR) is 99.0 cm³/mol. The number of carbonyl (C=O) groups excluding carboxylic acids is 1. The average Bonchev–Trinajstić information content (AvgIpc) is 2.90. The third-order valence-corrected chi connectivity index (χ3v) is 4.53. The van der Waals surface area contributed by atoms with E-state index in [-0.39, 0.29) is 12.5 Å². The van der Waals surface area contributed by atoms with Gasteiger partial charge in [-0.3, -0.25) is 9.52 Å². The molecule has 0 fully saturated rings. The van der Waals surface area contributed by atoms with E-state index in [2.05, 4.69) is 10.0 Å². The van der Waals surface area contributed by atoms with E-state index in [1.54, 1.807) is 24.3 Å². The van der Waals surface area contributed by atoms with E-state index in [4.69, 9.17) is 0 Å². The van der Waals surface area contributed by atoms with E-state index in [9.17, 15) is 13.2 Å². The standard InChI is InChI=1S/C18H19N3O3S/c1-21-16-10-6-4-7-13(16)11-17(21)18(22)19-12-14-8-3-5-9-15(14)20-25(2,23)24/h3-11,20H,12H2,1-2H3,(H,19,22). The Labute approximate surface area is 146 Å². The molecule has 7 heteroatoms. The Kier molecular flexibility index (Phi) is 4.50. The first-order chi connectivity index (χ1) is 11.8. The Bertz CT molecular complexity index is 1040. The molecule has 1 aromatic heterocycles. The highest BCUT2D eigenvalue weighted by Gasteiger charge is 2.14. The summed E-state index contributed by atoms with van der Waals surface area (Å²) in [6.07, 6.45) is 1.10. The smallest absolute Gasteiger partial charge is 0.268 e. The van der Waals surface area contributed by atoms with Crippen molar-refractivity contribution in [1.82, 2.24) is 9.88 Å². The van der Waals surface area contributed by atoms with Crippen molar-refractivity contribution < 1.29 is 13.2 Å². The Morgan fingerprint density at radius 2 is 1.76 bits per heavy atom. The van der Waals surface area contributed by atoms with Crippen LogP contribution in [-0.4, -0.2) is 25.1 Å². The lowest BCUT2D eigenvalue weighted by molar-refractivity contribution is 0.0943. The SMILES string of the molecule is Cn1c(C(=O)NCc2ccccc2NS(C)(=O)=O)cc2ccccc21. The molecule has 0 saturated carbocycles. The summed E-state index contributed by atoms with van der Waals surface area (Å²) in [6, 6.07) is 16.6. The van der Waals surface area contributed by atoms with Crippen LogP contribution in [0.4, 0.5) is 5.69 Å². The molecule has 0 atom stereocenters. The highest BCUT2D eigenvalue weighted by molar-refractivity contribution is 7.92. The van der Waals surface area contributed by atoms with Gasteiger partial charge in [-0.25, -0.2) is 8.42 Å². The van der Waals surface area contributed by atoms with Crippen LogP contribution in [0.3, 0.4) is 0 Å². The van der Waals surface area contributed by atoms with Gasteiger partial charge in [0.1, 0.15) is 5.69 Å². The maximum Gasteiger partial charge on any atom is 0.268 e. The number of carbonyl (C=O) groups is 1. The minimum Gasteiger partial charge on any atom is -0.347 e. The van der Waals surface area contributed by atoms with E-state index in [0.717, 1.165) is 17.2 Å². The molecule has 0 aliphatic heterocycles. The van der Waals surface area contributed by atoms with Crippen molar-refractivity contribution in [3.63, 3.8) is 0 Å². The number of aryl methyl sites for hydroxylation is 1. The third kappa shape index (κ3) is 3.83. The summed E-state index contributed by atoms with van der Waals surface area (Å²) in [6.45, 7) is 0.221. The quantitative estimate of drug-likeness (QED) is 0.736. The van der Waals surface area contributed by atoms with Gasteiger partial charge >= 0.3 is 0 Å². The van der Waals surface area contributed by atoms with E-state index in [0.29, 0.717) is 16.9 Å². The number of rotatable bonds is 5. The molecule has 2 N–H and O–H groups in total. The lowest BCUT2D eigenvalue weighted by atomic mass is 10.2. The first-order valence-corrected chi connectivity index (χ1v) is 9.62. The van der Waals surface area contributed by atoms with E-state index < -0.39 is 10.0 Å². The molecule has 0 spiro atoms. The van der Waals surface area contributed by atoms with E-state index in [1.165, 1.54) is 0 Å². The summed E-state index contributed by atoms with van der Waals surface area (Å²) in [7, 11) is -1.54. The second-order valence-electron chi connectivity index (χ2n) is 5.86. The number of sulfonamides is 1. The zero-order valence-corrected chi connectivity index (χ0v) is 14.8. The number of benzene rings is 2. The van der Waals surface area contributed by atoms with Crippen molar-refractivity contribution in [1.29, 1.82) is 0 Å². The van der Waals surface area contributed by atoms with E-state index >= 15 is 0 Å². The van der Waals surface area contributed by atoms with Gasteiger partial charge in [0.15, 0.2) is 0 Å². The molecule has 0 aliphatic rings. The summed E-state index contributed by atoms with van der Waals surface area (Å²) in [5.41, 5.74) is 2.68. The monoisotopic (exact) mass is 357 g/mol. The van der Waals surface area contributed by atoms with Gasteiger partial charge in [-0.05, 0) is 23.8 Å². The maximum atomic E-state index is 12.5. The number of para-hydroxylation sites is 2. The van der Waals surface area contributed by atoms with Crippen molar-refractivity contribution >= 4 is 32.5 Å². The first-order valence-electron chi connectivity index (χ1n) is 7.73. The summed E-state index contributed by atoms with van der Waals surface area (Å²) < 4.78 is 27.2. The van der Waals surface area contributed by atoms with Crippen LogP contribution >= 0.6 is 0 Å². The number of aromatic nitrogens is 1. The zero-order valence-electron chi connectivity index (χ0n) is 14.0. The van der Waals surface area contributed by atoms with Crippen molar-refractivity contribution in [2.45, 2.75) is 6.54 Å². The van der Waals surface area contributed by atoms with Crippen molar-refractivity contribution in [3.05, 3.63) is 65.9 Å². The van der Waals surface area contributed by atoms with Crippen molar-refractivity contribution in [3.8, 4) is 0 Å². The number of nitrogens with one attached hydrogen (secondary N) is 2. The van der Waals surface area contributed by atoms with Crippen LogP contribution in [0.1, 0.15) is 16.1 Å². The highest BCUT2D eigenvalue weighted by atomic mass is 32.2. The summed E-state index contributed by atoms with van der Waals surface area (Å²) >= 11 is 0. The van der Waals surface area contributed by atoms with Gasteiger partial charge in [0.05, 0.1) is 11.9 Å². The number of hydrogen-bond donors (Lipinski definition) is 2. The molecule has 3 rings (SSSR count). The zero-order chi connectivity index (χ0) is 18.0. The summed E-state index contributed by atoms with van der Waals surface area (Å²) in [5.74, 6) is -0.215. The molecule has 0 radical (unpaired) electrons. The van der Waals surface area contributed by atoms with Gasteiger partial charge in [0, 0.05) is 24.5 Å². The fourth-order valence-electron chi connectivity index (χ4n) is 2.75. The molecule has 2 aromatic carbocycles. The second kappa shape index (κ2) is 6.60. The second-order valence-corrected chi connectivity index (χ2v) is 7.61. The third-order valence-electron chi connectivity index (χ3n) is 3.94. The molecule has 130 valence electrons. The van der Waals surface area contributed by atoms with E-state index in [1.807, 2.05) is 41.9 Å². The summed E-state index contributed by atoms with van der Waals surface area (Å²) in [4.78, 5) is 12.5. The molecular weight excluding hydrogens is 338 g/mol. The highest BCUT2D eigenvalue weighted by Crippen LogP contribution is 2.19. The Morgan fingerprint density at radius 3 is 2.48 bits per heavy atom. The topological polar surface area (TPSA) is 80.2 Å². The minimum absolute atomic E-state index is 0.215. The van der Waals surface area contributed by atoms with Crippen LogP contribution in [0, 0.1) is 0 Å². The number of anilines is 1. The molecular formula is C18H19N3O3S. The number of amides is 1. The van der Waals surface area contributed by atoms with Crippen molar-refractivity contribution in [2.24, 2.45) is 7.05 Å². The molecule has 0 bridgehead atoms. The minimum atomic E-state index is -3.38. The van der Waals surface area contributed by atoms with Gasteiger partial charge in [-0.15, -0.1) is 0 Å². The fraction of sp³-hybridized carbons (Fsp3) is 0.167. The average molecular weight is 357 g/mol. The Hall–Kier alpha value is -2.80. The summed E-state index contributed by atoms with van der Waals surface area (Å²) in [5, 5.41) is 3.84. The van der Waals surface area contributed by atoms with Crippen LogP contribution < -0.4 is 10.0 Å². The lowest BCUT2D eigenvalue weighted by Crippen LogP contribution is -2.25. The Morgan fingerprint density at radius 1 is 1.08 bits per heavy atom.